The molecule has 4 heteroatoms. The van der Waals surface area contributed by atoms with Crippen molar-refractivity contribution in [2.75, 3.05) is 26.2 Å². The zero-order valence-corrected chi connectivity index (χ0v) is 13.5. The van der Waals surface area contributed by atoms with Crippen LogP contribution >= 0.6 is 0 Å². The van der Waals surface area contributed by atoms with Gasteiger partial charge in [-0.05, 0) is 30.0 Å². The largest absolute Gasteiger partial charge is 0.374 e. The third-order valence-electron chi connectivity index (χ3n) is 4.23. The maximum atomic E-state index is 5.96. The van der Waals surface area contributed by atoms with Crippen molar-refractivity contribution in [2.24, 2.45) is 5.84 Å². The molecule has 1 saturated heterocycles. The minimum absolute atomic E-state index is 0.0471. The second-order valence-corrected chi connectivity index (χ2v) is 6.18. The van der Waals surface area contributed by atoms with Gasteiger partial charge in [0.1, 0.15) is 0 Å². The van der Waals surface area contributed by atoms with Crippen molar-refractivity contribution in [3.63, 3.8) is 0 Å². The van der Waals surface area contributed by atoms with Gasteiger partial charge in [0.25, 0.3) is 0 Å². The number of ether oxygens (including phenoxy) is 1. The summed E-state index contributed by atoms with van der Waals surface area (Å²) in [5.41, 5.74) is 5.50. The number of hydrogen-bond acceptors (Lipinski definition) is 4. The van der Waals surface area contributed by atoms with Gasteiger partial charge >= 0.3 is 0 Å². The second-order valence-electron chi connectivity index (χ2n) is 6.18. The summed E-state index contributed by atoms with van der Waals surface area (Å²) >= 11 is 0. The van der Waals surface area contributed by atoms with Gasteiger partial charge in [-0.25, -0.2) is 0 Å². The highest BCUT2D eigenvalue weighted by molar-refractivity contribution is 5.27. The normalized spacial score (nSPS) is 21.7. The van der Waals surface area contributed by atoms with Crippen LogP contribution in [0.3, 0.4) is 0 Å². The number of benzene rings is 1. The molecule has 2 unspecified atom stereocenters. The van der Waals surface area contributed by atoms with E-state index in [9.17, 15) is 0 Å². The van der Waals surface area contributed by atoms with Crippen LogP contribution in [0.2, 0.25) is 0 Å². The van der Waals surface area contributed by atoms with Gasteiger partial charge in [0.2, 0.25) is 0 Å². The molecule has 1 aromatic rings. The number of hydrogen-bond donors (Lipinski definition) is 2. The molecule has 0 aromatic heterocycles. The summed E-state index contributed by atoms with van der Waals surface area (Å²) in [6.07, 6.45) is 1.29. The highest BCUT2D eigenvalue weighted by Crippen LogP contribution is 2.24. The lowest BCUT2D eigenvalue weighted by molar-refractivity contribution is -0.0471. The van der Waals surface area contributed by atoms with Gasteiger partial charge in [-0.15, -0.1) is 0 Å². The molecule has 1 aromatic carbocycles. The Morgan fingerprint density at radius 1 is 1.29 bits per heavy atom. The fraction of sp³-hybridized carbons (Fsp3) is 0.647. The third-order valence-corrected chi connectivity index (χ3v) is 4.23. The van der Waals surface area contributed by atoms with Crippen molar-refractivity contribution < 1.29 is 4.74 Å². The molecular weight excluding hydrogens is 262 g/mol. The Balaban J connectivity index is 2.07. The highest BCUT2D eigenvalue weighted by Gasteiger charge is 2.28. The summed E-state index contributed by atoms with van der Waals surface area (Å²) in [5.74, 6) is 6.35. The summed E-state index contributed by atoms with van der Waals surface area (Å²) in [6, 6.07) is 8.77. The maximum Gasteiger partial charge on any atom is 0.0909 e. The molecule has 3 N–H and O–H groups in total. The molecule has 2 atom stereocenters. The van der Waals surface area contributed by atoms with E-state index in [1.54, 1.807) is 0 Å². The van der Waals surface area contributed by atoms with E-state index in [0.29, 0.717) is 5.92 Å². The van der Waals surface area contributed by atoms with Crippen molar-refractivity contribution in [1.82, 2.24) is 10.3 Å². The maximum absolute atomic E-state index is 5.96. The quantitative estimate of drug-likeness (QED) is 0.624. The number of morpholine rings is 1. The molecular formula is C17H29N3O. The molecule has 0 spiro atoms. The first-order chi connectivity index (χ1) is 10.2. The van der Waals surface area contributed by atoms with Crippen molar-refractivity contribution in [3.8, 4) is 0 Å². The molecule has 4 nitrogen and oxygen atoms in total. The van der Waals surface area contributed by atoms with E-state index in [4.69, 9.17) is 10.6 Å². The predicted molar refractivity (Wildman–Crippen MR) is 87.1 cm³/mol. The number of nitrogens with one attached hydrogen (secondary N) is 1. The summed E-state index contributed by atoms with van der Waals surface area (Å²) < 4.78 is 5.96. The first-order valence-corrected chi connectivity index (χ1v) is 8.05. The predicted octanol–water partition coefficient (Wildman–Crippen LogP) is 2.43. The smallest absolute Gasteiger partial charge is 0.0909 e. The van der Waals surface area contributed by atoms with Gasteiger partial charge in [-0.2, -0.15) is 0 Å². The Morgan fingerprint density at radius 3 is 2.52 bits per heavy atom. The Labute approximate surface area is 128 Å². The van der Waals surface area contributed by atoms with E-state index in [1.165, 1.54) is 17.5 Å². The van der Waals surface area contributed by atoms with E-state index in [0.717, 1.165) is 26.2 Å². The molecule has 0 saturated carbocycles. The summed E-state index contributed by atoms with van der Waals surface area (Å²) in [4.78, 5) is 2.46. The first kappa shape index (κ1) is 16.4. The van der Waals surface area contributed by atoms with Crippen LogP contribution in [0.25, 0.3) is 0 Å². The van der Waals surface area contributed by atoms with Gasteiger partial charge < -0.3 is 4.74 Å². The fourth-order valence-electron chi connectivity index (χ4n) is 2.96. The standard InChI is InChI=1S/C17H29N3O/c1-4-9-20-10-11-21-16(12-20)17(19-18)15-7-5-14(6-8-15)13(2)3/h5-8,13,16-17,19H,4,9-12,18H2,1-3H3. The van der Waals surface area contributed by atoms with Crippen molar-refractivity contribution in [1.29, 1.82) is 0 Å². The van der Waals surface area contributed by atoms with Gasteiger partial charge in [-0.3, -0.25) is 16.2 Å². The van der Waals surface area contributed by atoms with Crippen molar-refractivity contribution in [3.05, 3.63) is 35.4 Å². The zero-order valence-electron chi connectivity index (χ0n) is 13.5. The van der Waals surface area contributed by atoms with Crippen LogP contribution in [0.4, 0.5) is 0 Å². The molecule has 21 heavy (non-hydrogen) atoms. The topological polar surface area (TPSA) is 50.5 Å². The van der Waals surface area contributed by atoms with Gasteiger partial charge in [0, 0.05) is 13.1 Å². The van der Waals surface area contributed by atoms with Crippen LogP contribution in [0, 0.1) is 0 Å². The van der Waals surface area contributed by atoms with E-state index < -0.39 is 0 Å². The molecule has 0 amide bonds. The molecule has 0 aliphatic carbocycles. The number of nitrogens with zero attached hydrogens (tertiary/aromatic N) is 1. The van der Waals surface area contributed by atoms with Crippen LogP contribution < -0.4 is 11.3 Å². The molecule has 1 aliphatic rings. The fourth-order valence-corrected chi connectivity index (χ4v) is 2.96. The Bertz CT molecular complexity index is 417. The molecule has 0 radical (unpaired) electrons. The van der Waals surface area contributed by atoms with Crippen LogP contribution in [-0.2, 0) is 4.74 Å². The lowest BCUT2D eigenvalue weighted by Gasteiger charge is -2.36. The Morgan fingerprint density at radius 2 is 1.95 bits per heavy atom. The molecule has 0 bridgehead atoms. The summed E-state index contributed by atoms with van der Waals surface area (Å²) in [6.45, 7) is 10.5. The minimum atomic E-state index is 0.0471. The summed E-state index contributed by atoms with van der Waals surface area (Å²) in [5, 5.41) is 0. The van der Waals surface area contributed by atoms with Crippen LogP contribution in [0.1, 0.15) is 50.3 Å². The number of hydrazine groups is 1. The average molecular weight is 291 g/mol. The van der Waals surface area contributed by atoms with Gasteiger partial charge in [-0.1, -0.05) is 45.0 Å². The molecule has 1 fully saturated rings. The second kappa shape index (κ2) is 7.90. The van der Waals surface area contributed by atoms with Crippen molar-refractivity contribution in [2.45, 2.75) is 45.3 Å². The van der Waals surface area contributed by atoms with Gasteiger partial charge in [0.15, 0.2) is 0 Å². The Hall–Kier alpha value is -0.940. The molecule has 118 valence electrons. The van der Waals surface area contributed by atoms with Crippen LogP contribution in [0.5, 0.6) is 0 Å². The molecule has 1 heterocycles. The van der Waals surface area contributed by atoms with E-state index in [2.05, 4.69) is 55.4 Å². The Kier molecular flexibility index (Phi) is 6.18. The van der Waals surface area contributed by atoms with Crippen molar-refractivity contribution >= 4 is 0 Å². The monoisotopic (exact) mass is 291 g/mol. The first-order valence-electron chi connectivity index (χ1n) is 8.05. The average Bonchev–Trinajstić information content (AvgIpc) is 2.49. The van der Waals surface area contributed by atoms with E-state index in [-0.39, 0.29) is 12.1 Å². The zero-order chi connectivity index (χ0) is 15.2. The van der Waals surface area contributed by atoms with Crippen LogP contribution in [0.15, 0.2) is 24.3 Å². The number of rotatable bonds is 6. The highest BCUT2D eigenvalue weighted by atomic mass is 16.5. The van der Waals surface area contributed by atoms with E-state index in [1.807, 2.05) is 0 Å². The molecule has 2 rings (SSSR count). The SMILES string of the molecule is CCCN1CCOC(C(NN)c2ccc(C(C)C)cc2)C1. The lowest BCUT2D eigenvalue weighted by atomic mass is 9.96. The number of nitrogens with two attached hydrogens (primary N) is 1. The summed E-state index contributed by atoms with van der Waals surface area (Å²) in [7, 11) is 0. The van der Waals surface area contributed by atoms with Crippen LogP contribution in [-0.4, -0.2) is 37.2 Å². The minimum Gasteiger partial charge on any atom is -0.374 e. The molecule has 1 aliphatic heterocycles. The lowest BCUT2D eigenvalue weighted by Crippen LogP contribution is -2.49. The van der Waals surface area contributed by atoms with E-state index >= 15 is 0 Å². The van der Waals surface area contributed by atoms with Gasteiger partial charge in [0.05, 0.1) is 18.8 Å². The third kappa shape index (κ3) is 4.27.